The molecule has 6 aliphatic heterocycles. The van der Waals surface area contributed by atoms with Crippen LogP contribution in [0.15, 0.2) is 298 Å². The molecule has 0 fully saturated rings. The predicted octanol–water partition coefficient (Wildman–Crippen LogP) is 12.7. The average Bonchev–Trinajstić information content (AvgIpc) is 0.968. The van der Waals surface area contributed by atoms with E-state index in [4.69, 9.17) is 9.97 Å². The van der Waals surface area contributed by atoms with Crippen molar-refractivity contribution in [1.82, 2.24) is 9.97 Å². The highest BCUT2D eigenvalue weighted by molar-refractivity contribution is 7.04. The lowest BCUT2D eigenvalue weighted by molar-refractivity contribution is 1.17. The summed E-state index contributed by atoms with van der Waals surface area (Å²) < 4.78 is 0. The van der Waals surface area contributed by atoms with E-state index >= 15 is 0 Å². The summed E-state index contributed by atoms with van der Waals surface area (Å²) in [4.78, 5) is 25.7. The number of benzene rings is 11. The van der Waals surface area contributed by atoms with Gasteiger partial charge in [-0.15, -0.1) is 0 Å². The van der Waals surface area contributed by atoms with Crippen LogP contribution in [0.2, 0.25) is 0 Å². The Morgan fingerprint density at radius 1 is 0.195 bits per heavy atom. The first-order chi connectivity index (χ1) is 43.2. The van der Waals surface area contributed by atoms with Gasteiger partial charge in [0.25, 0.3) is 20.1 Å². The minimum Gasteiger partial charge on any atom is -0.311 e. The molecule has 11 aromatic carbocycles. The van der Waals surface area contributed by atoms with Crippen molar-refractivity contribution in [3.05, 3.63) is 298 Å². The van der Waals surface area contributed by atoms with Crippen molar-refractivity contribution in [2.75, 3.05) is 29.4 Å². The standard InChI is InChI=1S/C76H49B3N8/c1-7-24-50(25-8-1)82-62-38-21-19-36-56(62)77-60-46-58-68(48-70(60)86(54-32-15-5-16-33-54)75-73(77)66(82)42-44-80-75)84(52-28-11-3-12-29-52)64-40-23-41-65-72(64)79(58)59-47-61-71(49-69(59)85(65)53-30-13-4-14-31-53)87(55-34-17-6-18-35-55)76-74-67(43-45-81-76)83(51-26-9-2-10-27-51)63-39-22-20-37-57(63)78(61)74/h1-49H. The van der Waals surface area contributed by atoms with Crippen molar-refractivity contribution < 1.29 is 0 Å². The van der Waals surface area contributed by atoms with E-state index in [2.05, 4.69) is 315 Å². The monoisotopic (exact) mass is 1110 g/mol. The van der Waals surface area contributed by atoms with Gasteiger partial charge in [0.15, 0.2) is 0 Å². The zero-order chi connectivity index (χ0) is 56.8. The van der Waals surface area contributed by atoms with Crippen LogP contribution in [-0.2, 0) is 0 Å². The van der Waals surface area contributed by atoms with Crippen LogP contribution in [0.25, 0.3) is 0 Å². The number of aromatic nitrogens is 2. The molecule has 0 radical (unpaired) electrons. The largest absolute Gasteiger partial charge is 0.311 e. The molecule has 8 nitrogen and oxygen atoms in total. The number of hydrogen-bond acceptors (Lipinski definition) is 8. The van der Waals surface area contributed by atoms with Crippen LogP contribution >= 0.6 is 0 Å². The van der Waals surface area contributed by atoms with Crippen molar-refractivity contribution in [3.63, 3.8) is 0 Å². The van der Waals surface area contributed by atoms with Gasteiger partial charge in [0, 0.05) is 103 Å². The van der Waals surface area contributed by atoms with Crippen LogP contribution in [0, 0.1) is 0 Å². The molecular weight excluding hydrogens is 1060 g/mol. The topological polar surface area (TPSA) is 45.2 Å². The molecule has 0 N–H and O–H groups in total. The van der Waals surface area contributed by atoms with Gasteiger partial charge in [-0.1, -0.05) is 164 Å². The molecule has 0 saturated heterocycles. The smallest absolute Gasteiger partial charge is 0.254 e. The molecule has 0 amide bonds. The zero-order valence-corrected chi connectivity index (χ0v) is 47.1. The van der Waals surface area contributed by atoms with Gasteiger partial charge in [-0.05, 0) is 170 Å². The second kappa shape index (κ2) is 18.6. The summed E-state index contributed by atoms with van der Waals surface area (Å²) >= 11 is 0. The van der Waals surface area contributed by atoms with Crippen LogP contribution in [-0.4, -0.2) is 30.1 Å². The Balaban J connectivity index is 0.930. The fraction of sp³-hybridized carbons (Fsp3) is 0. The molecule has 402 valence electrons. The highest BCUT2D eigenvalue weighted by atomic mass is 15.3. The van der Waals surface area contributed by atoms with E-state index in [-0.39, 0.29) is 20.1 Å². The molecule has 0 aliphatic carbocycles. The fourth-order valence-electron chi connectivity index (χ4n) is 15.5. The van der Waals surface area contributed by atoms with Gasteiger partial charge >= 0.3 is 0 Å². The van der Waals surface area contributed by atoms with Gasteiger partial charge in [-0.2, -0.15) is 0 Å². The summed E-state index contributed by atoms with van der Waals surface area (Å²) in [6, 6.07) is 105. The number of para-hydroxylation sites is 8. The Hall–Kier alpha value is -11.3. The second-order valence-electron chi connectivity index (χ2n) is 23.2. The molecule has 8 heterocycles. The number of pyridine rings is 2. The van der Waals surface area contributed by atoms with Gasteiger partial charge in [0.1, 0.15) is 11.6 Å². The van der Waals surface area contributed by atoms with Crippen LogP contribution in [0.4, 0.5) is 103 Å². The van der Waals surface area contributed by atoms with E-state index in [1.807, 2.05) is 12.4 Å². The third-order valence-corrected chi connectivity index (χ3v) is 18.8. The summed E-state index contributed by atoms with van der Waals surface area (Å²) in [5, 5.41) is 0. The number of anilines is 18. The Morgan fingerprint density at radius 2 is 0.460 bits per heavy atom. The normalized spacial score (nSPS) is 14.0. The fourth-order valence-corrected chi connectivity index (χ4v) is 15.5. The molecule has 2 aromatic heterocycles. The first-order valence-electron chi connectivity index (χ1n) is 30.0. The maximum absolute atomic E-state index is 5.43. The van der Waals surface area contributed by atoms with Crippen LogP contribution in [0.3, 0.4) is 0 Å². The lowest BCUT2D eigenvalue weighted by Crippen LogP contribution is -2.67. The summed E-state index contributed by atoms with van der Waals surface area (Å²) in [7, 11) is 0. The first kappa shape index (κ1) is 48.1. The molecule has 13 aromatic rings. The highest BCUT2D eigenvalue weighted by Gasteiger charge is 2.51. The third-order valence-electron chi connectivity index (χ3n) is 18.8. The van der Waals surface area contributed by atoms with Gasteiger partial charge in [0.05, 0.1) is 0 Å². The van der Waals surface area contributed by atoms with Gasteiger partial charge in [-0.25, -0.2) is 9.97 Å². The Kier molecular flexibility index (Phi) is 10.3. The van der Waals surface area contributed by atoms with Gasteiger partial charge in [0.2, 0.25) is 0 Å². The van der Waals surface area contributed by atoms with Crippen molar-refractivity contribution in [1.29, 1.82) is 0 Å². The van der Waals surface area contributed by atoms with E-state index in [0.717, 1.165) is 103 Å². The van der Waals surface area contributed by atoms with Crippen molar-refractivity contribution >= 4 is 172 Å². The molecule has 0 bridgehead atoms. The third kappa shape index (κ3) is 6.82. The lowest BCUT2D eigenvalue weighted by atomic mass is 9.29. The highest BCUT2D eigenvalue weighted by Crippen LogP contribution is 2.50. The zero-order valence-electron chi connectivity index (χ0n) is 47.1. The minimum atomic E-state index is -0.212. The van der Waals surface area contributed by atoms with Crippen LogP contribution < -0.4 is 78.6 Å². The molecule has 0 saturated carbocycles. The Bertz CT molecular complexity index is 4640. The maximum atomic E-state index is 5.43. The number of fused-ring (bicyclic) bond motifs is 12. The Labute approximate surface area is 506 Å². The maximum Gasteiger partial charge on any atom is 0.254 e. The van der Waals surface area contributed by atoms with E-state index in [0.29, 0.717) is 0 Å². The number of nitrogens with zero attached hydrogens (tertiary/aromatic N) is 8. The van der Waals surface area contributed by atoms with Gasteiger partial charge in [-0.3, -0.25) is 9.80 Å². The summed E-state index contributed by atoms with van der Waals surface area (Å²) in [5.74, 6) is 1.86. The average molecular weight is 1110 g/mol. The molecule has 19 rings (SSSR count). The molecule has 0 atom stereocenters. The Morgan fingerprint density at radius 3 is 0.816 bits per heavy atom. The second-order valence-corrected chi connectivity index (χ2v) is 23.2. The molecule has 11 heteroatoms. The molecule has 6 aliphatic rings. The van der Waals surface area contributed by atoms with E-state index < -0.39 is 0 Å². The molecule has 87 heavy (non-hydrogen) atoms. The van der Waals surface area contributed by atoms with E-state index in [9.17, 15) is 0 Å². The van der Waals surface area contributed by atoms with Crippen molar-refractivity contribution in [2.45, 2.75) is 0 Å². The summed E-state index contributed by atoms with van der Waals surface area (Å²) in [6.45, 7) is -0.513. The van der Waals surface area contributed by atoms with Gasteiger partial charge < -0.3 is 19.6 Å². The van der Waals surface area contributed by atoms with Crippen LogP contribution in [0.1, 0.15) is 0 Å². The lowest BCUT2D eigenvalue weighted by Gasteiger charge is -2.48. The number of rotatable bonds is 6. The van der Waals surface area contributed by atoms with Crippen molar-refractivity contribution in [2.24, 2.45) is 0 Å². The van der Waals surface area contributed by atoms with E-state index in [1.165, 1.54) is 49.2 Å². The van der Waals surface area contributed by atoms with Crippen LogP contribution in [0.5, 0.6) is 0 Å². The van der Waals surface area contributed by atoms with Crippen molar-refractivity contribution in [3.8, 4) is 0 Å². The molecule has 0 unspecified atom stereocenters. The summed E-state index contributed by atoms with van der Waals surface area (Å²) in [6.07, 6.45) is 4.00. The SMILES string of the molecule is c1ccc(N2c3cc4c(cc3B3c5cc6c(cc5N(c5ccccc5)c5cccc2c53)N(c2ccccc2)c2nccc3c2B6c2ccccc2N3c2ccccc2)B2c3ccccc3N(c3ccccc3)c3ccnc(c32)N4c2ccccc2)cc1. The molecular formula is C76H49B3N8. The minimum absolute atomic E-state index is 0.150. The quantitative estimate of drug-likeness (QED) is 0.153. The van der Waals surface area contributed by atoms with E-state index in [1.54, 1.807) is 0 Å². The first-order valence-corrected chi connectivity index (χ1v) is 30.0. The predicted molar refractivity (Wildman–Crippen MR) is 364 cm³/mol. The summed E-state index contributed by atoms with van der Waals surface area (Å²) in [5.41, 5.74) is 28.9. The molecule has 0 spiro atoms. The number of hydrogen-bond donors (Lipinski definition) is 0.